The second-order valence-corrected chi connectivity index (χ2v) is 16.4. The molecule has 6 rings (SSSR count). The van der Waals surface area contributed by atoms with Crippen molar-refractivity contribution in [2.75, 3.05) is 6.61 Å². The van der Waals surface area contributed by atoms with Crippen molar-refractivity contribution in [3.05, 3.63) is 23.8 Å². The Bertz CT molecular complexity index is 1150. The molecular formula is C35H54O7. The van der Waals surface area contributed by atoms with Crippen molar-refractivity contribution in [1.82, 2.24) is 0 Å². The number of aliphatic carboxylic acids is 1. The van der Waals surface area contributed by atoms with Crippen LogP contribution in [0.25, 0.3) is 0 Å². The lowest BCUT2D eigenvalue weighted by molar-refractivity contribution is -0.308. The van der Waals surface area contributed by atoms with Gasteiger partial charge < -0.3 is 29.9 Å². The highest BCUT2D eigenvalue weighted by molar-refractivity contribution is 5.71. The van der Waals surface area contributed by atoms with E-state index in [4.69, 9.17) is 9.47 Å². The minimum Gasteiger partial charge on any atom is -0.481 e. The number of aliphatic hydroxyl groups excluding tert-OH is 3. The van der Waals surface area contributed by atoms with Gasteiger partial charge in [-0.15, -0.1) is 0 Å². The molecular weight excluding hydrogens is 532 g/mol. The Morgan fingerprint density at radius 2 is 1.71 bits per heavy atom. The Labute approximate surface area is 251 Å². The Morgan fingerprint density at radius 3 is 2.40 bits per heavy atom. The number of ether oxygens (including phenoxy) is 2. The van der Waals surface area contributed by atoms with Gasteiger partial charge in [0.25, 0.3) is 0 Å². The summed E-state index contributed by atoms with van der Waals surface area (Å²) in [5, 5.41) is 40.9. The van der Waals surface area contributed by atoms with Gasteiger partial charge in [-0.2, -0.15) is 0 Å². The SMILES string of the molecule is C=C1[C@H]2C3=CC[C@@H]4[C@@]5(C)CC[C@H](O[C@@H]6OC[C@H](O)[C@H](O)[C@H]6O)C(C)(C)[C@H]5CC[C@@]4(C)[C@]3(C)CC[C@H]2[C@H](C(=O)O)C[C@H]1C. The second-order valence-electron chi connectivity index (χ2n) is 16.4. The third kappa shape index (κ3) is 4.12. The van der Waals surface area contributed by atoms with E-state index < -0.39 is 30.6 Å². The van der Waals surface area contributed by atoms with E-state index in [0.717, 1.165) is 44.9 Å². The zero-order chi connectivity index (χ0) is 30.6. The summed E-state index contributed by atoms with van der Waals surface area (Å²) in [6.07, 6.45) is 5.63. The fraction of sp³-hybridized carbons (Fsp3) is 0.857. The molecule has 14 atom stereocenters. The highest BCUT2D eigenvalue weighted by Crippen LogP contribution is 2.74. The van der Waals surface area contributed by atoms with Crippen LogP contribution in [0.1, 0.15) is 92.9 Å². The molecule has 5 aliphatic carbocycles. The summed E-state index contributed by atoms with van der Waals surface area (Å²) < 4.78 is 12.1. The Balaban J connectivity index is 1.29. The number of carboxylic acids is 1. The smallest absolute Gasteiger partial charge is 0.306 e. The molecule has 6 aliphatic rings. The van der Waals surface area contributed by atoms with E-state index in [1.54, 1.807) is 0 Å². The lowest BCUT2D eigenvalue weighted by Crippen LogP contribution is -2.65. The minimum absolute atomic E-state index is 0.0165. The highest BCUT2D eigenvalue weighted by Gasteiger charge is 2.68. The molecule has 7 heteroatoms. The van der Waals surface area contributed by atoms with Gasteiger partial charge >= 0.3 is 5.97 Å². The summed E-state index contributed by atoms with van der Waals surface area (Å²) in [6.45, 7) is 18.9. The first-order chi connectivity index (χ1) is 19.6. The van der Waals surface area contributed by atoms with Crippen LogP contribution >= 0.6 is 0 Å². The first-order valence-electron chi connectivity index (χ1n) is 16.5. The van der Waals surface area contributed by atoms with Crippen molar-refractivity contribution in [1.29, 1.82) is 0 Å². The molecule has 0 aromatic rings. The van der Waals surface area contributed by atoms with Crippen molar-refractivity contribution >= 4 is 5.97 Å². The van der Waals surface area contributed by atoms with Crippen LogP contribution in [0.5, 0.6) is 0 Å². The molecule has 5 fully saturated rings. The molecule has 4 N–H and O–H groups in total. The van der Waals surface area contributed by atoms with Gasteiger partial charge in [-0.1, -0.05) is 65.3 Å². The van der Waals surface area contributed by atoms with Crippen molar-refractivity contribution < 1.29 is 34.7 Å². The van der Waals surface area contributed by atoms with Gasteiger partial charge in [0, 0.05) is 5.92 Å². The molecule has 7 nitrogen and oxygen atoms in total. The van der Waals surface area contributed by atoms with Crippen LogP contribution in [-0.4, -0.2) is 63.7 Å². The lowest BCUT2D eigenvalue weighted by Gasteiger charge is -2.70. The zero-order valence-electron chi connectivity index (χ0n) is 26.5. The minimum atomic E-state index is -1.28. The summed E-state index contributed by atoms with van der Waals surface area (Å²) in [5.74, 6) is 0.559. The van der Waals surface area contributed by atoms with E-state index in [1.165, 1.54) is 11.1 Å². The fourth-order valence-electron chi connectivity index (χ4n) is 11.8. The van der Waals surface area contributed by atoms with Crippen LogP contribution in [0.3, 0.4) is 0 Å². The molecule has 0 unspecified atom stereocenters. The number of carbonyl (C=O) groups is 1. The molecule has 0 radical (unpaired) electrons. The van der Waals surface area contributed by atoms with Gasteiger partial charge in [0.15, 0.2) is 6.29 Å². The quantitative estimate of drug-likeness (QED) is 0.261. The van der Waals surface area contributed by atoms with Crippen LogP contribution < -0.4 is 0 Å². The topological polar surface area (TPSA) is 116 Å². The van der Waals surface area contributed by atoms with Gasteiger partial charge in [-0.05, 0) is 96.7 Å². The highest BCUT2D eigenvalue weighted by atomic mass is 16.7. The summed E-state index contributed by atoms with van der Waals surface area (Å²) in [7, 11) is 0. The molecule has 42 heavy (non-hydrogen) atoms. The lowest BCUT2D eigenvalue weighted by atomic mass is 9.34. The van der Waals surface area contributed by atoms with Gasteiger partial charge in [-0.3, -0.25) is 4.79 Å². The van der Waals surface area contributed by atoms with Crippen molar-refractivity contribution in [2.24, 2.45) is 57.2 Å². The van der Waals surface area contributed by atoms with Gasteiger partial charge in [-0.25, -0.2) is 0 Å². The van der Waals surface area contributed by atoms with E-state index in [9.17, 15) is 25.2 Å². The Kier molecular flexibility index (Phi) is 7.42. The first-order valence-corrected chi connectivity index (χ1v) is 16.5. The van der Waals surface area contributed by atoms with Crippen molar-refractivity contribution in [3.8, 4) is 0 Å². The van der Waals surface area contributed by atoms with Gasteiger partial charge in [0.1, 0.15) is 18.3 Å². The number of hydrogen-bond acceptors (Lipinski definition) is 6. The molecule has 0 aromatic heterocycles. The average Bonchev–Trinajstić information content (AvgIpc) is 2.92. The summed E-state index contributed by atoms with van der Waals surface area (Å²) in [6, 6.07) is 0. The van der Waals surface area contributed by atoms with Gasteiger partial charge in [0.2, 0.25) is 0 Å². The summed E-state index contributed by atoms with van der Waals surface area (Å²) in [5.41, 5.74) is 2.81. The second kappa shape index (κ2) is 10.1. The number of fused-ring (bicyclic) bond motifs is 7. The molecule has 236 valence electrons. The molecule has 4 saturated carbocycles. The van der Waals surface area contributed by atoms with Crippen LogP contribution in [0.4, 0.5) is 0 Å². The van der Waals surface area contributed by atoms with E-state index >= 15 is 0 Å². The summed E-state index contributed by atoms with van der Waals surface area (Å²) in [4.78, 5) is 12.3. The number of allylic oxidation sites excluding steroid dienone is 3. The van der Waals surface area contributed by atoms with Crippen LogP contribution in [-0.2, 0) is 14.3 Å². The fourth-order valence-corrected chi connectivity index (χ4v) is 11.8. The largest absolute Gasteiger partial charge is 0.481 e. The monoisotopic (exact) mass is 586 g/mol. The van der Waals surface area contributed by atoms with E-state index in [-0.39, 0.29) is 58.0 Å². The maximum atomic E-state index is 12.3. The van der Waals surface area contributed by atoms with E-state index in [2.05, 4.69) is 54.2 Å². The average molecular weight is 587 g/mol. The molecule has 1 heterocycles. The standard InChI is InChI=1S/C35H54O7/c1-18-16-21(30(39)40)20-10-14-34(6)22(27(20)19(18)2)8-9-25-33(5)13-12-26(32(3,4)24(33)11-15-35(25,34)7)42-31-29(38)28(37)23(36)17-41-31/h8,18,20-21,23-29,31,36-38H,2,9-17H2,1,3-7H3,(H,39,40)/t18-,20+,21-,23+,24-,25-,26+,27-,28+,29-,31+,33+,34-,35-/m1/s1. The Hall–Kier alpha value is -1.25. The third-order valence-corrected chi connectivity index (χ3v) is 14.4. The number of rotatable bonds is 3. The zero-order valence-corrected chi connectivity index (χ0v) is 26.5. The molecule has 0 bridgehead atoms. The van der Waals surface area contributed by atoms with E-state index in [0.29, 0.717) is 18.3 Å². The van der Waals surface area contributed by atoms with Crippen molar-refractivity contribution in [3.63, 3.8) is 0 Å². The first kappa shape index (κ1) is 30.8. The number of hydrogen-bond donors (Lipinski definition) is 4. The maximum absolute atomic E-state index is 12.3. The maximum Gasteiger partial charge on any atom is 0.306 e. The molecule has 1 aliphatic heterocycles. The van der Waals surface area contributed by atoms with Crippen LogP contribution in [0.15, 0.2) is 23.8 Å². The van der Waals surface area contributed by atoms with E-state index in [1.807, 2.05) is 0 Å². The number of carboxylic acid groups (broad SMARTS) is 1. The Morgan fingerprint density at radius 1 is 1.00 bits per heavy atom. The number of aliphatic hydroxyl groups is 3. The molecule has 1 saturated heterocycles. The van der Waals surface area contributed by atoms with Crippen molar-refractivity contribution in [2.45, 2.75) is 124 Å². The van der Waals surface area contributed by atoms with Crippen LogP contribution in [0.2, 0.25) is 0 Å². The van der Waals surface area contributed by atoms with Gasteiger partial charge in [0.05, 0.1) is 18.6 Å². The summed E-state index contributed by atoms with van der Waals surface area (Å²) >= 11 is 0. The molecule has 0 aromatic carbocycles. The molecule has 0 amide bonds. The molecule has 0 spiro atoms. The predicted octanol–water partition coefficient (Wildman–Crippen LogP) is 5.33. The third-order valence-electron chi connectivity index (χ3n) is 14.4. The normalized spacial score (nSPS) is 53.6. The van der Waals surface area contributed by atoms with Crippen LogP contribution in [0, 0.1) is 57.2 Å². The predicted molar refractivity (Wildman–Crippen MR) is 159 cm³/mol.